The summed E-state index contributed by atoms with van der Waals surface area (Å²) in [6.45, 7) is 0. The zero-order valence-corrected chi connectivity index (χ0v) is 12.9. The molecule has 5 heteroatoms. The molecule has 1 atom stereocenters. The van der Waals surface area contributed by atoms with Crippen LogP contribution in [0.5, 0.6) is 0 Å². The average Bonchev–Trinajstić information content (AvgIpc) is 2.93. The molecule has 0 saturated carbocycles. The second kappa shape index (κ2) is 5.48. The van der Waals surface area contributed by atoms with Gasteiger partial charge >= 0.3 is 0 Å². The minimum Gasteiger partial charge on any atom is -0.322 e. The molecule has 1 aliphatic heterocycles. The highest BCUT2D eigenvalue weighted by Gasteiger charge is 2.51. The second-order valence-corrected chi connectivity index (χ2v) is 5.86. The average molecular weight is 339 g/mol. The topological polar surface area (TPSA) is 29.1 Å². The third kappa shape index (κ3) is 2.09. The summed E-state index contributed by atoms with van der Waals surface area (Å²) in [7, 11) is 0. The summed E-state index contributed by atoms with van der Waals surface area (Å²) in [6, 6.07) is 16.6. The molecule has 0 bridgehead atoms. The van der Waals surface area contributed by atoms with Crippen molar-refractivity contribution in [3.05, 3.63) is 101 Å². The van der Waals surface area contributed by atoms with Crippen LogP contribution in [-0.4, -0.2) is 5.91 Å². The predicted octanol–water partition coefficient (Wildman–Crippen LogP) is 4.39. The molecule has 1 N–H and O–H groups in total. The lowest BCUT2D eigenvalue weighted by molar-refractivity contribution is -0.118. The van der Waals surface area contributed by atoms with Gasteiger partial charge < -0.3 is 5.32 Å². The summed E-state index contributed by atoms with van der Waals surface area (Å²) in [5, 5.41) is 2.46. The van der Waals surface area contributed by atoms with Gasteiger partial charge in [-0.05, 0) is 29.3 Å². The number of benzene rings is 3. The molecule has 1 unspecified atom stereocenters. The Balaban J connectivity index is 2.09. The first-order chi connectivity index (χ1) is 12.0. The Hall–Kier alpha value is -3.08. The highest BCUT2D eigenvalue weighted by atomic mass is 19.2. The van der Waals surface area contributed by atoms with Gasteiger partial charge in [0, 0.05) is 5.56 Å². The van der Waals surface area contributed by atoms with Crippen molar-refractivity contribution in [2.45, 2.75) is 5.41 Å². The third-order valence-corrected chi connectivity index (χ3v) is 4.56. The molecule has 0 spiro atoms. The van der Waals surface area contributed by atoms with Gasteiger partial charge in [0.15, 0.2) is 11.6 Å². The van der Waals surface area contributed by atoms with E-state index in [-0.39, 0.29) is 5.69 Å². The molecule has 4 rings (SSSR count). The summed E-state index contributed by atoms with van der Waals surface area (Å²) in [5.41, 5.74) is -0.197. The molecule has 1 heterocycles. The number of anilines is 1. The third-order valence-electron chi connectivity index (χ3n) is 4.56. The quantitative estimate of drug-likeness (QED) is 0.737. The van der Waals surface area contributed by atoms with Gasteiger partial charge in [-0.3, -0.25) is 4.79 Å². The normalized spacial score (nSPS) is 18.8. The molecular formula is C20H12F3NO. The van der Waals surface area contributed by atoms with E-state index in [1.165, 1.54) is 30.3 Å². The SMILES string of the molecule is O=C1Nc2c(ccc(F)c2F)C1(c1ccccc1)c1ccc(F)cc1. The van der Waals surface area contributed by atoms with E-state index in [9.17, 15) is 18.0 Å². The van der Waals surface area contributed by atoms with Crippen molar-refractivity contribution in [1.29, 1.82) is 0 Å². The summed E-state index contributed by atoms with van der Waals surface area (Å²) in [6.07, 6.45) is 0. The van der Waals surface area contributed by atoms with Crippen LogP contribution in [0.15, 0.2) is 66.7 Å². The van der Waals surface area contributed by atoms with Gasteiger partial charge in [0.25, 0.3) is 0 Å². The Morgan fingerprint density at radius 3 is 2.08 bits per heavy atom. The van der Waals surface area contributed by atoms with E-state index in [0.717, 1.165) is 6.07 Å². The van der Waals surface area contributed by atoms with Crippen molar-refractivity contribution in [2.24, 2.45) is 0 Å². The van der Waals surface area contributed by atoms with E-state index in [1.807, 2.05) is 0 Å². The fraction of sp³-hybridized carbons (Fsp3) is 0.0500. The number of nitrogens with one attached hydrogen (secondary N) is 1. The first-order valence-electron chi connectivity index (χ1n) is 7.66. The number of carbonyl (C=O) groups excluding carboxylic acids is 1. The van der Waals surface area contributed by atoms with E-state index < -0.39 is 28.8 Å². The maximum Gasteiger partial charge on any atom is 0.244 e. The molecule has 0 radical (unpaired) electrons. The van der Waals surface area contributed by atoms with Crippen LogP contribution in [-0.2, 0) is 10.2 Å². The molecule has 0 aromatic heterocycles. The largest absolute Gasteiger partial charge is 0.322 e. The van der Waals surface area contributed by atoms with Gasteiger partial charge in [0.05, 0.1) is 5.69 Å². The van der Waals surface area contributed by atoms with Crippen molar-refractivity contribution in [1.82, 2.24) is 0 Å². The van der Waals surface area contributed by atoms with E-state index in [0.29, 0.717) is 16.7 Å². The molecule has 3 aromatic rings. The molecule has 0 fully saturated rings. The molecule has 1 amide bonds. The van der Waals surface area contributed by atoms with Crippen molar-refractivity contribution in [3.8, 4) is 0 Å². The standard InChI is InChI=1S/C20H12F3NO/c21-14-8-6-13(7-9-14)20(12-4-2-1-3-5-12)15-10-11-16(22)17(23)18(15)24-19(20)25/h1-11H,(H,24,25). The minimum absolute atomic E-state index is 0.182. The zero-order chi connectivity index (χ0) is 17.6. The number of hydrogen-bond donors (Lipinski definition) is 1. The summed E-state index contributed by atoms with van der Waals surface area (Å²) in [5.74, 6) is -3.10. The molecule has 2 nitrogen and oxygen atoms in total. The molecule has 1 aliphatic rings. The maximum atomic E-state index is 14.3. The number of halogens is 3. The van der Waals surface area contributed by atoms with E-state index in [4.69, 9.17) is 0 Å². The molecule has 25 heavy (non-hydrogen) atoms. The number of carbonyl (C=O) groups is 1. The van der Waals surface area contributed by atoms with Crippen LogP contribution in [0.4, 0.5) is 18.9 Å². The number of hydrogen-bond acceptors (Lipinski definition) is 1. The molecule has 124 valence electrons. The Morgan fingerprint density at radius 1 is 0.760 bits per heavy atom. The van der Waals surface area contributed by atoms with Crippen molar-refractivity contribution in [3.63, 3.8) is 0 Å². The highest BCUT2D eigenvalue weighted by molar-refractivity contribution is 6.11. The van der Waals surface area contributed by atoms with Gasteiger partial charge in [0.1, 0.15) is 11.2 Å². The van der Waals surface area contributed by atoms with Gasteiger partial charge in [-0.2, -0.15) is 0 Å². The fourth-order valence-corrected chi connectivity index (χ4v) is 3.44. The van der Waals surface area contributed by atoms with Crippen LogP contribution in [0.2, 0.25) is 0 Å². The second-order valence-electron chi connectivity index (χ2n) is 5.86. The zero-order valence-electron chi connectivity index (χ0n) is 12.9. The van der Waals surface area contributed by atoms with Crippen molar-refractivity contribution in [2.75, 3.05) is 5.32 Å². The smallest absolute Gasteiger partial charge is 0.244 e. The summed E-state index contributed by atoms with van der Waals surface area (Å²) < 4.78 is 41.3. The Bertz CT molecular complexity index is 970. The van der Waals surface area contributed by atoms with E-state index in [1.54, 1.807) is 30.3 Å². The highest BCUT2D eigenvalue weighted by Crippen LogP contribution is 2.48. The predicted molar refractivity (Wildman–Crippen MR) is 87.7 cm³/mol. The van der Waals surface area contributed by atoms with Crippen LogP contribution < -0.4 is 5.32 Å². The molecular weight excluding hydrogens is 327 g/mol. The Kier molecular flexibility index (Phi) is 3.39. The fourth-order valence-electron chi connectivity index (χ4n) is 3.44. The van der Waals surface area contributed by atoms with Crippen LogP contribution in [0.25, 0.3) is 0 Å². The monoisotopic (exact) mass is 339 g/mol. The number of fused-ring (bicyclic) bond motifs is 1. The van der Waals surface area contributed by atoms with Gasteiger partial charge in [-0.25, -0.2) is 13.2 Å². The van der Waals surface area contributed by atoms with E-state index in [2.05, 4.69) is 5.32 Å². The maximum absolute atomic E-state index is 14.3. The van der Waals surface area contributed by atoms with Crippen LogP contribution in [0.1, 0.15) is 16.7 Å². The molecule has 0 saturated heterocycles. The minimum atomic E-state index is -1.38. The lowest BCUT2D eigenvalue weighted by Crippen LogP contribution is -2.37. The first-order valence-corrected chi connectivity index (χ1v) is 7.66. The lowest BCUT2D eigenvalue weighted by atomic mass is 9.70. The Labute approximate surface area is 141 Å². The number of amides is 1. The Morgan fingerprint density at radius 2 is 1.40 bits per heavy atom. The number of rotatable bonds is 2. The molecule has 0 aliphatic carbocycles. The molecule has 3 aromatic carbocycles. The van der Waals surface area contributed by atoms with Gasteiger partial charge in [-0.1, -0.05) is 48.5 Å². The summed E-state index contributed by atoms with van der Waals surface area (Å²) >= 11 is 0. The lowest BCUT2D eigenvalue weighted by Gasteiger charge is -2.29. The van der Waals surface area contributed by atoms with Crippen LogP contribution >= 0.6 is 0 Å². The van der Waals surface area contributed by atoms with Crippen molar-refractivity contribution < 1.29 is 18.0 Å². The van der Waals surface area contributed by atoms with Gasteiger partial charge in [-0.15, -0.1) is 0 Å². The van der Waals surface area contributed by atoms with Crippen LogP contribution in [0.3, 0.4) is 0 Å². The first kappa shape index (κ1) is 15.4. The van der Waals surface area contributed by atoms with Crippen molar-refractivity contribution >= 4 is 11.6 Å². The summed E-state index contributed by atoms with van der Waals surface area (Å²) in [4.78, 5) is 13.0. The van der Waals surface area contributed by atoms with Crippen LogP contribution in [0, 0.1) is 17.5 Å². The van der Waals surface area contributed by atoms with Gasteiger partial charge in [0.2, 0.25) is 5.91 Å². The van der Waals surface area contributed by atoms with E-state index >= 15 is 0 Å².